The van der Waals surface area contributed by atoms with Crippen LogP contribution < -0.4 is 5.32 Å². The molecule has 2 aliphatic heterocycles. The second-order valence-electron chi connectivity index (χ2n) is 7.62. The van der Waals surface area contributed by atoms with Crippen LogP contribution in [0, 0.1) is 11.3 Å². The first-order chi connectivity index (χ1) is 11.3. The summed E-state index contributed by atoms with van der Waals surface area (Å²) in [5.74, 6) is 0.909. The molecule has 2 saturated carbocycles. The number of nitrogens with zero attached hydrogens (tertiary/aromatic N) is 1. The van der Waals surface area contributed by atoms with Crippen LogP contribution in [0.2, 0.25) is 0 Å². The minimum absolute atomic E-state index is 0.263. The SMILES string of the molecule is O=C(CN[C@@H]1[C@@H]2CCO[C@H]2C12CCC2)N1CCc2sccc2C1. The van der Waals surface area contributed by atoms with Gasteiger partial charge in [0.25, 0.3) is 0 Å². The van der Waals surface area contributed by atoms with Crippen LogP contribution in [0.25, 0.3) is 0 Å². The number of hydrogen-bond donors (Lipinski definition) is 1. The maximum absolute atomic E-state index is 12.6. The first-order valence-electron chi connectivity index (χ1n) is 8.96. The summed E-state index contributed by atoms with van der Waals surface area (Å²) >= 11 is 1.82. The highest BCUT2D eigenvalue weighted by Crippen LogP contribution is 2.62. The molecule has 4 nitrogen and oxygen atoms in total. The molecule has 0 aromatic carbocycles. The molecule has 4 aliphatic rings. The number of hydrogen-bond acceptors (Lipinski definition) is 4. The largest absolute Gasteiger partial charge is 0.377 e. The Balaban J connectivity index is 1.21. The summed E-state index contributed by atoms with van der Waals surface area (Å²) in [6.45, 7) is 3.08. The predicted octanol–water partition coefficient (Wildman–Crippen LogP) is 2.18. The van der Waals surface area contributed by atoms with Crippen LogP contribution in [0.5, 0.6) is 0 Å². The molecule has 23 heavy (non-hydrogen) atoms. The number of carbonyl (C=O) groups is 1. The van der Waals surface area contributed by atoms with Crippen LogP contribution in [0.4, 0.5) is 0 Å². The fourth-order valence-corrected chi connectivity index (χ4v) is 6.22. The third kappa shape index (κ3) is 2.06. The molecule has 0 bridgehead atoms. The Hall–Kier alpha value is -0.910. The molecule has 1 amide bonds. The van der Waals surface area contributed by atoms with Gasteiger partial charge in [-0.1, -0.05) is 6.42 Å². The number of fused-ring (bicyclic) bond motifs is 3. The lowest BCUT2D eigenvalue weighted by atomic mass is 9.46. The van der Waals surface area contributed by atoms with Gasteiger partial charge in [0.2, 0.25) is 5.91 Å². The molecule has 1 aromatic heterocycles. The molecule has 5 heteroatoms. The van der Waals surface area contributed by atoms with Crippen molar-refractivity contribution in [2.45, 2.75) is 50.8 Å². The van der Waals surface area contributed by atoms with Crippen molar-refractivity contribution in [2.75, 3.05) is 19.7 Å². The van der Waals surface area contributed by atoms with Crippen LogP contribution in [0.1, 0.15) is 36.1 Å². The highest BCUT2D eigenvalue weighted by Gasteiger charge is 2.66. The van der Waals surface area contributed by atoms with E-state index in [4.69, 9.17) is 4.74 Å². The minimum atomic E-state index is 0.263. The lowest BCUT2D eigenvalue weighted by molar-refractivity contribution is -0.177. The zero-order valence-electron chi connectivity index (χ0n) is 13.4. The van der Waals surface area contributed by atoms with Crippen molar-refractivity contribution in [1.82, 2.24) is 10.2 Å². The van der Waals surface area contributed by atoms with Gasteiger partial charge in [-0.25, -0.2) is 0 Å². The van der Waals surface area contributed by atoms with Gasteiger partial charge in [0.05, 0.1) is 12.6 Å². The highest BCUT2D eigenvalue weighted by molar-refractivity contribution is 7.10. The van der Waals surface area contributed by atoms with Gasteiger partial charge in [-0.15, -0.1) is 11.3 Å². The summed E-state index contributed by atoms with van der Waals surface area (Å²) in [6.07, 6.45) is 6.55. The van der Waals surface area contributed by atoms with E-state index in [1.165, 1.54) is 36.1 Å². The Bertz CT molecular complexity index is 624. The van der Waals surface area contributed by atoms with Gasteiger partial charge < -0.3 is 15.0 Å². The Morgan fingerprint density at radius 2 is 2.39 bits per heavy atom. The molecule has 3 heterocycles. The van der Waals surface area contributed by atoms with E-state index >= 15 is 0 Å². The number of amides is 1. The number of rotatable bonds is 3. The zero-order chi connectivity index (χ0) is 15.4. The van der Waals surface area contributed by atoms with Gasteiger partial charge in [0.1, 0.15) is 0 Å². The monoisotopic (exact) mass is 332 g/mol. The Morgan fingerprint density at radius 1 is 1.48 bits per heavy atom. The molecule has 3 atom stereocenters. The summed E-state index contributed by atoms with van der Waals surface area (Å²) < 4.78 is 5.96. The third-order valence-electron chi connectivity index (χ3n) is 6.67. The quantitative estimate of drug-likeness (QED) is 0.922. The molecule has 2 aliphatic carbocycles. The number of nitrogens with one attached hydrogen (secondary N) is 1. The van der Waals surface area contributed by atoms with E-state index in [0.717, 1.165) is 26.1 Å². The Morgan fingerprint density at radius 3 is 3.22 bits per heavy atom. The number of thiophene rings is 1. The molecule has 0 radical (unpaired) electrons. The molecule has 124 valence electrons. The first-order valence-corrected chi connectivity index (χ1v) is 9.84. The summed E-state index contributed by atoms with van der Waals surface area (Å²) in [5.41, 5.74) is 1.71. The van der Waals surface area contributed by atoms with Gasteiger partial charge in [0.15, 0.2) is 0 Å². The van der Waals surface area contributed by atoms with Crippen molar-refractivity contribution >= 4 is 17.2 Å². The van der Waals surface area contributed by atoms with Crippen LogP contribution in [0.3, 0.4) is 0 Å². The molecule has 1 N–H and O–H groups in total. The number of carbonyl (C=O) groups excluding carboxylic acids is 1. The summed E-state index contributed by atoms with van der Waals surface area (Å²) in [6, 6.07) is 2.68. The van der Waals surface area contributed by atoms with Crippen molar-refractivity contribution in [1.29, 1.82) is 0 Å². The van der Waals surface area contributed by atoms with Gasteiger partial charge in [-0.05, 0) is 42.7 Å². The maximum Gasteiger partial charge on any atom is 0.236 e. The van der Waals surface area contributed by atoms with Crippen LogP contribution >= 0.6 is 11.3 Å². The van der Waals surface area contributed by atoms with Crippen molar-refractivity contribution in [3.8, 4) is 0 Å². The number of ether oxygens (including phenoxy) is 1. The van der Waals surface area contributed by atoms with Crippen molar-refractivity contribution < 1.29 is 9.53 Å². The van der Waals surface area contributed by atoms with Crippen LogP contribution in [-0.4, -0.2) is 42.6 Å². The second kappa shape index (κ2) is 5.30. The summed E-state index contributed by atoms with van der Waals surface area (Å²) in [7, 11) is 0. The molecule has 1 aromatic rings. The van der Waals surface area contributed by atoms with Crippen molar-refractivity contribution in [3.05, 3.63) is 21.9 Å². The van der Waals surface area contributed by atoms with E-state index in [1.807, 2.05) is 16.2 Å². The lowest BCUT2D eigenvalue weighted by Gasteiger charge is -2.63. The average molecular weight is 332 g/mol. The Labute approximate surface area is 141 Å². The van der Waals surface area contributed by atoms with Crippen LogP contribution in [0.15, 0.2) is 11.4 Å². The average Bonchev–Trinajstić information content (AvgIpc) is 3.12. The van der Waals surface area contributed by atoms with Gasteiger partial charge >= 0.3 is 0 Å². The maximum atomic E-state index is 12.6. The minimum Gasteiger partial charge on any atom is -0.377 e. The van der Waals surface area contributed by atoms with Crippen molar-refractivity contribution in [2.24, 2.45) is 11.3 Å². The fraction of sp³-hybridized carbons (Fsp3) is 0.722. The standard InChI is InChI=1S/C18H24N2O2S/c21-15(20-7-2-14-12(11-20)4-9-23-14)10-19-16-13-3-8-22-17(13)18(16)5-1-6-18/h4,9,13,16-17,19H,1-3,5-8,10-11H2/t13-,16+,17+/m0/s1. The van der Waals surface area contributed by atoms with E-state index in [1.54, 1.807) is 0 Å². The third-order valence-corrected chi connectivity index (χ3v) is 7.69. The van der Waals surface area contributed by atoms with E-state index in [9.17, 15) is 4.79 Å². The second-order valence-corrected chi connectivity index (χ2v) is 8.62. The smallest absolute Gasteiger partial charge is 0.236 e. The summed E-state index contributed by atoms with van der Waals surface area (Å²) in [5, 5.41) is 5.77. The molecular weight excluding hydrogens is 308 g/mol. The van der Waals surface area contributed by atoms with Gasteiger partial charge in [-0.2, -0.15) is 0 Å². The molecule has 0 unspecified atom stereocenters. The normalized spacial score (nSPS) is 33.7. The van der Waals surface area contributed by atoms with Gasteiger partial charge in [0, 0.05) is 41.9 Å². The predicted molar refractivity (Wildman–Crippen MR) is 89.4 cm³/mol. The molecule has 3 fully saturated rings. The van der Waals surface area contributed by atoms with E-state index in [0.29, 0.717) is 30.0 Å². The molecule has 1 spiro atoms. The van der Waals surface area contributed by atoms with Gasteiger partial charge in [-0.3, -0.25) is 4.79 Å². The Kier molecular flexibility index (Phi) is 3.32. The summed E-state index contributed by atoms with van der Waals surface area (Å²) in [4.78, 5) is 16.1. The lowest BCUT2D eigenvalue weighted by Crippen LogP contribution is -2.71. The van der Waals surface area contributed by atoms with Crippen LogP contribution in [-0.2, 0) is 22.5 Å². The van der Waals surface area contributed by atoms with E-state index in [2.05, 4.69) is 16.8 Å². The molecular formula is C18H24N2O2S. The topological polar surface area (TPSA) is 41.6 Å². The molecule has 5 rings (SSSR count). The highest BCUT2D eigenvalue weighted by atomic mass is 32.1. The fourth-order valence-electron chi connectivity index (χ4n) is 5.33. The van der Waals surface area contributed by atoms with Crippen molar-refractivity contribution in [3.63, 3.8) is 0 Å². The first kappa shape index (κ1) is 14.4. The van der Waals surface area contributed by atoms with E-state index < -0.39 is 0 Å². The zero-order valence-corrected chi connectivity index (χ0v) is 14.2. The van der Waals surface area contributed by atoms with E-state index in [-0.39, 0.29) is 5.91 Å². The molecule has 1 saturated heterocycles.